The summed E-state index contributed by atoms with van der Waals surface area (Å²) in [5.74, 6) is -0.0773. The second-order valence-corrected chi connectivity index (χ2v) is 7.40. The Morgan fingerprint density at radius 1 is 1.29 bits per heavy atom. The molecule has 0 bridgehead atoms. The lowest BCUT2D eigenvalue weighted by Gasteiger charge is -2.21. The third-order valence-electron chi connectivity index (χ3n) is 5.35. The van der Waals surface area contributed by atoms with E-state index in [1.165, 1.54) is 0 Å². The number of nitrogens with zero attached hydrogens (tertiary/aromatic N) is 4. The van der Waals surface area contributed by atoms with Gasteiger partial charge in [-0.1, -0.05) is 0 Å². The van der Waals surface area contributed by atoms with Crippen molar-refractivity contribution in [3.05, 3.63) is 29.5 Å². The van der Waals surface area contributed by atoms with E-state index < -0.39 is 17.5 Å². The third kappa shape index (κ3) is 3.23. The highest BCUT2D eigenvalue weighted by Gasteiger charge is 2.44. The summed E-state index contributed by atoms with van der Waals surface area (Å²) < 4.78 is 38.3. The highest BCUT2D eigenvalue weighted by atomic mass is 19.4. The molecule has 1 aromatic heterocycles. The Kier molecular flexibility index (Phi) is 4.16. The summed E-state index contributed by atoms with van der Waals surface area (Å²) in [5.41, 5.74) is -0.242. The van der Waals surface area contributed by atoms with Crippen LogP contribution >= 0.6 is 0 Å². The van der Waals surface area contributed by atoms with E-state index >= 15 is 0 Å². The number of halogens is 3. The first kappa shape index (κ1) is 18.5. The molecule has 2 saturated heterocycles. The number of phenolic OH excluding ortho intramolecular Hbond substituents is 1. The predicted molar refractivity (Wildman–Crippen MR) is 93.6 cm³/mol. The number of aryl methyl sites for hydroxylation is 1. The normalized spacial score (nSPS) is 22.1. The minimum absolute atomic E-state index is 0.0465. The van der Waals surface area contributed by atoms with E-state index in [9.17, 15) is 23.1 Å². The first-order chi connectivity index (χ1) is 13.2. The lowest BCUT2D eigenvalue weighted by molar-refractivity contribution is -0.137. The van der Waals surface area contributed by atoms with E-state index in [4.69, 9.17) is 0 Å². The maximum Gasteiger partial charge on any atom is 0.416 e. The number of carbonyl (C=O) groups is 1. The van der Waals surface area contributed by atoms with Crippen molar-refractivity contribution in [1.82, 2.24) is 20.5 Å². The molecule has 2 aliphatic rings. The molecule has 1 spiro atoms. The summed E-state index contributed by atoms with van der Waals surface area (Å²) in [5, 5.41) is 21.1. The predicted octanol–water partition coefficient (Wildman–Crippen LogP) is 2.29. The second kappa shape index (κ2) is 6.32. The van der Waals surface area contributed by atoms with E-state index in [0.717, 1.165) is 18.6 Å². The molecule has 1 atom stereocenters. The number of alkyl halides is 3. The summed E-state index contributed by atoms with van der Waals surface area (Å²) in [6.45, 7) is 3.63. The van der Waals surface area contributed by atoms with E-state index in [-0.39, 0.29) is 22.6 Å². The average molecular weight is 393 g/mol. The van der Waals surface area contributed by atoms with Gasteiger partial charge in [0.15, 0.2) is 0 Å². The van der Waals surface area contributed by atoms with Gasteiger partial charge in [0.1, 0.15) is 11.4 Å². The molecule has 7 nitrogen and oxygen atoms in total. The summed E-state index contributed by atoms with van der Waals surface area (Å²) in [7, 11) is 0. The number of hydrogen-bond donors (Lipinski definition) is 2. The van der Waals surface area contributed by atoms with Gasteiger partial charge >= 0.3 is 6.18 Å². The van der Waals surface area contributed by atoms with Gasteiger partial charge in [0.05, 0.1) is 11.3 Å². The molecule has 0 saturated carbocycles. The van der Waals surface area contributed by atoms with Crippen molar-refractivity contribution in [2.75, 3.05) is 24.5 Å². The van der Waals surface area contributed by atoms with E-state index in [1.807, 2.05) is 4.90 Å². The van der Waals surface area contributed by atoms with E-state index in [0.29, 0.717) is 43.8 Å². The number of nitrogens with one attached hydrogen (secondary N) is 1. The number of rotatable bonds is 2. The molecule has 4 rings (SSSR count). The van der Waals surface area contributed by atoms with Gasteiger partial charge in [-0.3, -0.25) is 4.79 Å². The Bertz CT molecular complexity index is 949. The zero-order chi connectivity index (χ0) is 20.1. The van der Waals surface area contributed by atoms with Crippen LogP contribution in [0, 0.1) is 12.3 Å². The van der Waals surface area contributed by atoms with Crippen LogP contribution in [0.25, 0.3) is 11.3 Å². The Morgan fingerprint density at radius 3 is 2.68 bits per heavy atom. The fourth-order valence-electron chi connectivity index (χ4n) is 3.83. The minimum Gasteiger partial charge on any atom is -0.507 e. The van der Waals surface area contributed by atoms with Gasteiger partial charge < -0.3 is 15.3 Å². The van der Waals surface area contributed by atoms with Gasteiger partial charge in [-0.15, -0.1) is 10.2 Å². The van der Waals surface area contributed by atoms with Crippen LogP contribution < -0.4 is 10.2 Å². The largest absolute Gasteiger partial charge is 0.507 e. The van der Waals surface area contributed by atoms with Crippen molar-refractivity contribution < 1.29 is 23.1 Å². The van der Waals surface area contributed by atoms with Crippen molar-refractivity contribution in [3.63, 3.8) is 0 Å². The zero-order valence-electron chi connectivity index (χ0n) is 15.0. The number of benzene rings is 1. The zero-order valence-corrected chi connectivity index (χ0v) is 15.0. The highest BCUT2D eigenvalue weighted by Crippen LogP contribution is 2.39. The number of carbonyl (C=O) groups excluding carboxylic acids is 1. The molecule has 2 aliphatic heterocycles. The topological polar surface area (TPSA) is 91.2 Å². The lowest BCUT2D eigenvalue weighted by atomic mass is 9.86. The molecule has 2 aromatic rings. The number of amides is 1. The van der Waals surface area contributed by atoms with Gasteiger partial charge in [-0.2, -0.15) is 13.2 Å². The highest BCUT2D eigenvalue weighted by molar-refractivity contribution is 5.79. The van der Waals surface area contributed by atoms with Crippen molar-refractivity contribution in [2.24, 2.45) is 5.41 Å². The molecular weight excluding hydrogens is 375 g/mol. The average Bonchev–Trinajstić information content (AvgIpc) is 3.20. The molecule has 2 N–H and O–H groups in total. The fourth-order valence-corrected chi connectivity index (χ4v) is 3.83. The molecule has 1 amide bonds. The molecule has 28 heavy (non-hydrogen) atoms. The number of anilines is 1. The quantitative estimate of drug-likeness (QED) is 0.814. The van der Waals surface area contributed by atoms with Crippen LogP contribution in [0.15, 0.2) is 18.2 Å². The Balaban J connectivity index is 1.58. The molecule has 2 fully saturated rings. The maximum absolute atomic E-state index is 12.8. The molecule has 10 heteroatoms. The van der Waals surface area contributed by atoms with E-state index in [2.05, 4.69) is 20.5 Å². The monoisotopic (exact) mass is 393 g/mol. The van der Waals surface area contributed by atoms with Crippen molar-refractivity contribution in [2.45, 2.75) is 25.9 Å². The van der Waals surface area contributed by atoms with Crippen LogP contribution in [0.1, 0.15) is 24.1 Å². The first-order valence-corrected chi connectivity index (χ1v) is 8.80. The molecule has 148 valence electrons. The minimum atomic E-state index is -4.54. The molecule has 0 unspecified atom stereocenters. The third-order valence-corrected chi connectivity index (χ3v) is 5.35. The van der Waals surface area contributed by atoms with Crippen LogP contribution in [0.5, 0.6) is 5.75 Å². The van der Waals surface area contributed by atoms with Gasteiger partial charge in [0.25, 0.3) is 0 Å². The Labute approximate surface area is 158 Å². The standard InChI is InChI=1S/C18H18F3N5O2/c1-10-15(12-3-2-11(6-13(12)27)18(19,20)21)24-25-16(23-10)26-5-4-17(9-26)7-14(28)22-8-17/h2-3,6,27H,4-5,7-9H2,1H3,(H,22,28)/t17-/m1/s1. The number of aromatic nitrogens is 3. The molecule has 1 aromatic carbocycles. The van der Waals surface area contributed by atoms with Crippen LogP contribution in [-0.2, 0) is 11.0 Å². The number of phenols is 1. The Morgan fingerprint density at radius 2 is 2.07 bits per heavy atom. The Hall–Kier alpha value is -2.91. The molecule has 3 heterocycles. The molecule has 0 aliphatic carbocycles. The van der Waals surface area contributed by atoms with Crippen LogP contribution in [0.2, 0.25) is 0 Å². The summed E-state index contributed by atoms with van der Waals surface area (Å²) in [4.78, 5) is 17.9. The van der Waals surface area contributed by atoms with Gasteiger partial charge in [-0.05, 0) is 31.5 Å². The second-order valence-electron chi connectivity index (χ2n) is 7.40. The van der Waals surface area contributed by atoms with E-state index in [1.54, 1.807) is 6.92 Å². The van der Waals surface area contributed by atoms with Crippen LogP contribution in [0.4, 0.5) is 19.1 Å². The van der Waals surface area contributed by atoms with Crippen molar-refractivity contribution in [3.8, 4) is 17.0 Å². The molecule has 0 radical (unpaired) electrons. The fraction of sp³-hybridized carbons (Fsp3) is 0.444. The van der Waals surface area contributed by atoms with Gasteiger partial charge in [0, 0.05) is 37.0 Å². The first-order valence-electron chi connectivity index (χ1n) is 8.80. The number of aromatic hydroxyl groups is 1. The SMILES string of the molecule is Cc1nc(N2CC[C@@]3(CNC(=O)C3)C2)nnc1-c1ccc(C(F)(F)F)cc1O. The maximum atomic E-state index is 12.8. The summed E-state index contributed by atoms with van der Waals surface area (Å²) >= 11 is 0. The van der Waals surface area contributed by atoms with Gasteiger partial charge in [0.2, 0.25) is 11.9 Å². The van der Waals surface area contributed by atoms with Crippen LogP contribution in [-0.4, -0.2) is 45.8 Å². The number of hydrogen-bond acceptors (Lipinski definition) is 6. The summed E-state index contributed by atoms with van der Waals surface area (Å²) in [6.07, 6.45) is -3.22. The smallest absolute Gasteiger partial charge is 0.416 e. The lowest BCUT2D eigenvalue weighted by Crippen LogP contribution is -2.30. The van der Waals surface area contributed by atoms with Crippen molar-refractivity contribution >= 4 is 11.9 Å². The summed E-state index contributed by atoms with van der Waals surface area (Å²) in [6, 6.07) is 2.72. The molecular formula is C18H18F3N5O2. The van der Waals surface area contributed by atoms with Gasteiger partial charge in [-0.25, -0.2) is 4.98 Å². The van der Waals surface area contributed by atoms with Crippen LogP contribution in [0.3, 0.4) is 0 Å². The van der Waals surface area contributed by atoms with Crippen molar-refractivity contribution in [1.29, 1.82) is 0 Å².